The fraction of sp³-hybridized carbons (Fsp3) is 0.682. The van der Waals surface area contributed by atoms with E-state index in [0.29, 0.717) is 6.04 Å². The third kappa shape index (κ3) is 7.70. The summed E-state index contributed by atoms with van der Waals surface area (Å²) in [6.07, 6.45) is 2.60. The third-order valence-corrected chi connectivity index (χ3v) is 6.12. The van der Waals surface area contributed by atoms with Crippen LogP contribution in [0.4, 0.5) is 0 Å². The van der Waals surface area contributed by atoms with Crippen molar-refractivity contribution in [3.63, 3.8) is 0 Å². The number of nitrogens with zero attached hydrogens (tertiary/aromatic N) is 4. The first-order valence-corrected chi connectivity index (χ1v) is 10.8. The second kappa shape index (κ2) is 12.7. The molecule has 164 valence electrons. The van der Waals surface area contributed by atoms with Crippen molar-refractivity contribution in [1.82, 2.24) is 25.3 Å². The van der Waals surface area contributed by atoms with Gasteiger partial charge in [0.2, 0.25) is 0 Å². The Morgan fingerprint density at radius 2 is 1.72 bits per heavy atom. The molecule has 7 heteroatoms. The molecule has 0 spiro atoms. The van der Waals surface area contributed by atoms with E-state index in [4.69, 9.17) is 0 Å². The minimum absolute atomic E-state index is 0. The molecule has 2 fully saturated rings. The fourth-order valence-corrected chi connectivity index (χ4v) is 4.19. The standard InChI is InChI=1S/C22H38N6.HI/c1-4-28-11-5-6-21(28)17-25-22(23-2)24-16-19-7-9-20(10-8-19)18-27-14-12-26(3)13-15-27;/h7-10,21H,4-6,11-18H2,1-3H3,(H2,23,24,25);1H. The molecule has 2 N–H and O–H groups in total. The minimum Gasteiger partial charge on any atom is -0.355 e. The highest BCUT2D eigenvalue weighted by Crippen LogP contribution is 2.15. The average molecular weight is 515 g/mol. The Bertz CT molecular complexity index is 612. The molecule has 2 aliphatic rings. The Morgan fingerprint density at radius 3 is 2.38 bits per heavy atom. The number of likely N-dealkylation sites (tertiary alicyclic amines) is 1. The first-order chi connectivity index (χ1) is 13.7. The van der Waals surface area contributed by atoms with Crippen LogP contribution in [0.25, 0.3) is 0 Å². The van der Waals surface area contributed by atoms with E-state index < -0.39 is 0 Å². The van der Waals surface area contributed by atoms with Crippen LogP contribution >= 0.6 is 24.0 Å². The Balaban J connectivity index is 0.00000300. The van der Waals surface area contributed by atoms with Gasteiger partial charge in [-0.15, -0.1) is 24.0 Å². The van der Waals surface area contributed by atoms with Gasteiger partial charge in [-0.25, -0.2) is 0 Å². The number of hydrogen-bond acceptors (Lipinski definition) is 4. The molecular formula is C22H39IN6. The molecule has 2 aliphatic heterocycles. The van der Waals surface area contributed by atoms with Gasteiger partial charge in [-0.05, 0) is 44.1 Å². The van der Waals surface area contributed by atoms with Gasteiger partial charge in [0.05, 0.1) is 0 Å². The first kappa shape index (κ1) is 24.4. The summed E-state index contributed by atoms with van der Waals surface area (Å²) in [5.74, 6) is 0.893. The summed E-state index contributed by atoms with van der Waals surface area (Å²) in [4.78, 5) is 11.9. The molecule has 0 radical (unpaired) electrons. The van der Waals surface area contributed by atoms with Crippen LogP contribution in [0.1, 0.15) is 30.9 Å². The Labute approximate surface area is 194 Å². The van der Waals surface area contributed by atoms with E-state index in [1.54, 1.807) is 0 Å². The predicted molar refractivity (Wildman–Crippen MR) is 133 cm³/mol. The van der Waals surface area contributed by atoms with E-state index in [0.717, 1.165) is 45.2 Å². The smallest absolute Gasteiger partial charge is 0.191 e. The zero-order valence-electron chi connectivity index (χ0n) is 18.4. The van der Waals surface area contributed by atoms with Gasteiger partial charge in [0, 0.05) is 58.9 Å². The molecule has 0 saturated carbocycles. The summed E-state index contributed by atoms with van der Waals surface area (Å²) in [7, 11) is 4.05. The van der Waals surface area contributed by atoms with Crippen molar-refractivity contribution < 1.29 is 0 Å². The predicted octanol–water partition coefficient (Wildman–Crippen LogP) is 2.20. The van der Waals surface area contributed by atoms with Gasteiger partial charge in [-0.1, -0.05) is 31.2 Å². The lowest BCUT2D eigenvalue weighted by atomic mass is 10.1. The van der Waals surface area contributed by atoms with Crippen molar-refractivity contribution in [1.29, 1.82) is 0 Å². The number of guanidine groups is 1. The number of piperazine rings is 1. The summed E-state index contributed by atoms with van der Waals surface area (Å²) in [5.41, 5.74) is 2.69. The lowest BCUT2D eigenvalue weighted by Gasteiger charge is -2.32. The number of aliphatic imine (C=N–C) groups is 1. The molecule has 0 aliphatic carbocycles. The molecule has 3 rings (SSSR count). The first-order valence-electron chi connectivity index (χ1n) is 10.8. The summed E-state index contributed by atoms with van der Waals surface area (Å²) in [6.45, 7) is 12.1. The van der Waals surface area contributed by atoms with Crippen molar-refractivity contribution in [2.24, 2.45) is 4.99 Å². The lowest BCUT2D eigenvalue weighted by molar-refractivity contribution is 0.148. The molecular weight excluding hydrogens is 475 g/mol. The number of nitrogens with one attached hydrogen (secondary N) is 2. The van der Waals surface area contributed by atoms with Crippen LogP contribution in [0.5, 0.6) is 0 Å². The number of rotatable bonds is 7. The molecule has 1 aromatic carbocycles. The minimum atomic E-state index is 0. The molecule has 1 unspecified atom stereocenters. The molecule has 2 saturated heterocycles. The Morgan fingerprint density at radius 1 is 1.03 bits per heavy atom. The summed E-state index contributed by atoms with van der Waals surface area (Å²) < 4.78 is 0. The van der Waals surface area contributed by atoms with Gasteiger partial charge in [0.15, 0.2) is 5.96 Å². The lowest BCUT2D eigenvalue weighted by Crippen LogP contribution is -2.44. The zero-order chi connectivity index (χ0) is 19.8. The van der Waals surface area contributed by atoms with Gasteiger partial charge in [-0.2, -0.15) is 0 Å². The number of likely N-dealkylation sites (N-methyl/N-ethyl adjacent to an activating group) is 2. The van der Waals surface area contributed by atoms with Gasteiger partial charge in [-0.3, -0.25) is 14.8 Å². The topological polar surface area (TPSA) is 46.1 Å². The van der Waals surface area contributed by atoms with Crippen LogP contribution in [0.15, 0.2) is 29.3 Å². The molecule has 29 heavy (non-hydrogen) atoms. The maximum absolute atomic E-state index is 4.38. The van der Waals surface area contributed by atoms with Crippen molar-refractivity contribution in [3.05, 3.63) is 35.4 Å². The van der Waals surface area contributed by atoms with Gasteiger partial charge in [0.25, 0.3) is 0 Å². The average Bonchev–Trinajstić information content (AvgIpc) is 3.18. The molecule has 0 amide bonds. The third-order valence-electron chi connectivity index (χ3n) is 6.12. The fourth-order valence-electron chi connectivity index (χ4n) is 4.19. The van der Waals surface area contributed by atoms with Crippen LogP contribution in [-0.4, -0.2) is 86.6 Å². The SMILES string of the molecule is CCN1CCCC1CNC(=NC)NCc1ccc(CN2CCN(C)CC2)cc1.I. The van der Waals surface area contributed by atoms with Crippen molar-refractivity contribution >= 4 is 29.9 Å². The van der Waals surface area contributed by atoms with E-state index in [1.165, 1.54) is 43.6 Å². The maximum Gasteiger partial charge on any atom is 0.191 e. The largest absolute Gasteiger partial charge is 0.355 e. The van der Waals surface area contributed by atoms with Gasteiger partial charge >= 0.3 is 0 Å². The van der Waals surface area contributed by atoms with Crippen molar-refractivity contribution in [2.75, 3.05) is 59.9 Å². The highest BCUT2D eigenvalue weighted by Gasteiger charge is 2.22. The quantitative estimate of drug-likeness (QED) is 0.332. The van der Waals surface area contributed by atoms with Crippen molar-refractivity contribution in [2.45, 2.75) is 38.9 Å². The summed E-state index contributed by atoms with van der Waals surface area (Å²) >= 11 is 0. The number of benzene rings is 1. The summed E-state index contributed by atoms with van der Waals surface area (Å²) in [5, 5.41) is 6.95. The second-order valence-electron chi connectivity index (χ2n) is 8.13. The zero-order valence-corrected chi connectivity index (χ0v) is 20.7. The van der Waals surface area contributed by atoms with Crippen LogP contribution < -0.4 is 10.6 Å². The molecule has 0 aromatic heterocycles. The Hall–Kier alpha value is -0.900. The van der Waals surface area contributed by atoms with E-state index >= 15 is 0 Å². The van der Waals surface area contributed by atoms with E-state index in [2.05, 4.69) is 68.6 Å². The molecule has 6 nitrogen and oxygen atoms in total. The van der Waals surface area contributed by atoms with E-state index in [1.807, 2.05) is 7.05 Å². The van der Waals surface area contributed by atoms with Gasteiger partial charge < -0.3 is 15.5 Å². The second-order valence-corrected chi connectivity index (χ2v) is 8.13. The van der Waals surface area contributed by atoms with Crippen LogP contribution in [0, 0.1) is 0 Å². The van der Waals surface area contributed by atoms with Crippen LogP contribution in [0.2, 0.25) is 0 Å². The van der Waals surface area contributed by atoms with E-state index in [-0.39, 0.29) is 24.0 Å². The van der Waals surface area contributed by atoms with Gasteiger partial charge in [0.1, 0.15) is 0 Å². The normalized spacial score (nSPS) is 21.8. The monoisotopic (exact) mass is 514 g/mol. The molecule has 2 heterocycles. The molecule has 1 atom stereocenters. The highest BCUT2D eigenvalue weighted by molar-refractivity contribution is 14.0. The molecule has 1 aromatic rings. The van der Waals surface area contributed by atoms with E-state index in [9.17, 15) is 0 Å². The number of hydrogen-bond donors (Lipinski definition) is 2. The van der Waals surface area contributed by atoms with Crippen molar-refractivity contribution in [3.8, 4) is 0 Å². The molecule has 0 bridgehead atoms. The number of halogens is 1. The Kier molecular flexibility index (Phi) is 10.7. The maximum atomic E-state index is 4.38. The highest BCUT2D eigenvalue weighted by atomic mass is 127. The van der Waals surface area contributed by atoms with Crippen LogP contribution in [0.3, 0.4) is 0 Å². The summed E-state index contributed by atoms with van der Waals surface area (Å²) in [6, 6.07) is 9.65. The van der Waals surface area contributed by atoms with Crippen LogP contribution in [-0.2, 0) is 13.1 Å².